The predicted octanol–water partition coefficient (Wildman–Crippen LogP) is 4.31. The maximum atomic E-state index is 9.26. The number of hydrogen-bond acceptors (Lipinski definition) is 7. The van der Waals surface area contributed by atoms with E-state index in [1.807, 2.05) is 23.6 Å². The topological polar surface area (TPSA) is 76.0 Å². The van der Waals surface area contributed by atoms with Crippen molar-refractivity contribution in [1.29, 1.82) is 0 Å². The van der Waals surface area contributed by atoms with Crippen molar-refractivity contribution < 1.29 is 14.6 Å². The highest BCUT2D eigenvalue weighted by Crippen LogP contribution is 2.35. The van der Waals surface area contributed by atoms with Gasteiger partial charge in [0.15, 0.2) is 11.5 Å². The van der Waals surface area contributed by atoms with E-state index in [-0.39, 0.29) is 22.7 Å². The number of aromatic hydroxyl groups is 1. The van der Waals surface area contributed by atoms with Gasteiger partial charge in [0.25, 0.3) is 0 Å². The monoisotopic (exact) mass is 433 g/mol. The van der Waals surface area contributed by atoms with Crippen molar-refractivity contribution in [2.24, 2.45) is 5.10 Å². The van der Waals surface area contributed by atoms with Crippen LogP contribution in [0.25, 0.3) is 11.3 Å². The number of rotatable bonds is 4. The summed E-state index contributed by atoms with van der Waals surface area (Å²) in [6, 6.07) is 12.6. The average Bonchev–Trinajstić information content (AvgIpc) is 3.12. The first-order valence-electron chi connectivity index (χ1n) is 7.71. The number of hydrazone groups is 1. The van der Waals surface area contributed by atoms with Crippen LogP contribution in [0.4, 0.5) is 5.13 Å². The van der Waals surface area contributed by atoms with Crippen LogP contribution < -0.4 is 14.9 Å². The maximum Gasteiger partial charge on any atom is 0.203 e. The van der Waals surface area contributed by atoms with E-state index in [0.29, 0.717) is 18.3 Å². The molecule has 0 bridgehead atoms. The Morgan fingerprint density at radius 1 is 1.08 bits per heavy atom. The summed E-state index contributed by atoms with van der Waals surface area (Å²) in [4.78, 5) is 4.53. The van der Waals surface area contributed by atoms with E-state index in [1.54, 1.807) is 30.5 Å². The van der Waals surface area contributed by atoms with Crippen molar-refractivity contribution in [3.63, 3.8) is 0 Å². The molecule has 0 radical (unpaired) electrons. The fraction of sp³-hybridized carbons (Fsp3) is 0.111. The summed E-state index contributed by atoms with van der Waals surface area (Å²) >= 11 is 1.47. The molecule has 2 heterocycles. The normalized spacial score (nSPS) is 12.6. The molecular formula is C18H16BrN3O3S. The number of fused-ring (bicyclic) bond motifs is 1. The largest absolute Gasteiger partial charge is 0.508 e. The molecule has 0 fully saturated rings. The van der Waals surface area contributed by atoms with E-state index < -0.39 is 0 Å². The van der Waals surface area contributed by atoms with Crippen LogP contribution in [-0.4, -0.2) is 29.5 Å². The van der Waals surface area contributed by atoms with Gasteiger partial charge < -0.3 is 14.6 Å². The number of hydrogen-bond donors (Lipinski definition) is 2. The summed E-state index contributed by atoms with van der Waals surface area (Å²) < 4.78 is 11.1. The molecule has 3 aromatic rings. The maximum absolute atomic E-state index is 9.26. The predicted molar refractivity (Wildman–Crippen MR) is 108 cm³/mol. The number of anilines is 1. The molecule has 0 amide bonds. The number of phenolic OH excluding ortho intramolecular Hbond substituents is 1. The first-order valence-corrected chi connectivity index (χ1v) is 8.59. The number of nitrogens with one attached hydrogen (secondary N) is 1. The number of aromatic nitrogens is 1. The fourth-order valence-electron chi connectivity index (χ4n) is 2.38. The first-order chi connectivity index (χ1) is 12.3. The third-order valence-electron chi connectivity index (χ3n) is 3.61. The Labute approximate surface area is 164 Å². The molecule has 4 rings (SSSR count). The lowest BCUT2D eigenvalue weighted by atomic mass is 10.1. The molecule has 0 aliphatic carbocycles. The van der Waals surface area contributed by atoms with E-state index in [9.17, 15) is 5.11 Å². The van der Waals surface area contributed by atoms with Gasteiger partial charge in [-0.3, -0.25) is 5.43 Å². The lowest BCUT2D eigenvalue weighted by molar-refractivity contribution is 0.171. The fourth-order valence-corrected chi connectivity index (χ4v) is 3.05. The van der Waals surface area contributed by atoms with Gasteiger partial charge in [-0.25, -0.2) is 4.98 Å². The van der Waals surface area contributed by atoms with E-state index in [1.165, 1.54) is 11.3 Å². The van der Waals surface area contributed by atoms with Gasteiger partial charge in [0.05, 0.1) is 11.9 Å². The standard InChI is InChI=1S/C18H15N3O3S.BrH/c22-14-4-1-12(2-5-14)10-19-21-18-20-15(11-25-18)13-3-6-16-17(9-13)24-8-7-23-16;/h1-6,9-11,22H,7-8H2,(H,20,21);1H/b19-10+;. The van der Waals surface area contributed by atoms with Crippen LogP contribution in [-0.2, 0) is 0 Å². The number of ether oxygens (including phenoxy) is 2. The number of benzene rings is 2. The van der Waals surface area contributed by atoms with Crippen molar-refractivity contribution in [2.45, 2.75) is 0 Å². The Balaban J connectivity index is 0.00000196. The minimum absolute atomic E-state index is 0. The Kier molecular flexibility index (Phi) is 5.75. The molecule has 0 saturated heterocycles. The smallest absolute Gasteiger partial charge is 0.203 e. The minimum Gasteiger partial charge on any atom is -0.508 e. The molecule has 1 aliphatic heterocycles. The Morgan fingerprint density at radius 3 is 2.65 bits per heavy atom. The molecule has 2 N–H and O–H groups in total. The zero-order valence-corrected chi connectivity index (χ0v) is 16.1. The van der Waals surface area contributed by atoms with E-state index >= 15 is 0 Å². The Morgan fingerprint density at radius 2 is 1.85 bits per heavy atom. The van der Waals surface area contributed by atoms with Gasteiger partial charge in [0.1, 0.15) is 19.0 Å². The van der Waals surface area contributed by atoms with Crippen LogP contribution in [0, 0.1) is 0 Å². The first kappa shape index (κ1) is 18.2. The molecule has 1 aliphatic rings. The van der Waals surface area contributed by atoms with Crippen molar-refractivity contribution in [2.75, 3.05) is 18.6 Å². The zero-order valence-electron chi connectivity index (χ0n) is 13.6. The summed E-state index contributed by atoms with van der Waals surface area (Å²) in [7, 11) is 0. The lowest BCUT2D eigenvalue weighted by Gasteiger charge is -2.18. The Hall–Kier alpha value is -2.58. The summed E-state index contributed by atoms with van der Waals surface area (Å²) in [6.45, 7) is 1.14. The van der Waals surface area contributed by atoms with E-state index in [0.717, 1.165) is 28.3 Å². The summed E-state index contributed by atoms with van der Waals surface area (Å²) in [5.41, 5.74) is 5.62. The van der Waals surface area contributed by atoms with Crippen LogP contribution in [0.3, 0.4) is 0 Å². The molecule has 0 atom stereocenters. The van der Waals surface area contributed by atoms with Gasteiger partial charge in [-0.1, -0.05) is 0 Å². The SMILES string of the molecule is Br.Oc1ccc(/C=N/Nc2nc(-c3ccc4c(c3)OCCO4)cs2)cc1. The van der Waals surface area contributed by atoms with Crippen LogP contribution in [0.1, 0.15) is 5.56 Å². The van der Waals surface area contributed by atoms with Gasteiger partial charge in [-0.2, -0.15) is 5.10 Å². The van der Waals surface area contributed by atoms with Crippen molar-refractivity contribution in [3.8, 4) is 28.5 Å². The minimum atomic E-state index is 0. The molecule has 0 spiro atoms. The van der Waals surface area contributed by atoms with Gasteiger partial charge in [-0.15, -0.1) is 28.3 Å². The zero-order chi connectivity index (χ0) is 17.1. The van der Waals surface area contributed by atoms with E-state index in [4.69, 9.17) is 9.47 Å². The highest BCUT2D eigenvalue weighted by molar-refractivity contribution is 8.93. The number of halogens is 1. The number of nitrogens with zero attached hydrogens (tertiary/aromatic N) is 2. The third kappa shape index (κ3) is 4.14. The summed E-state index contributed by atoms with van der Waals surface area (Å²) in [5.74, 6) is 1.74. The Bertz CT molecular complexity index is 912. The molecule has 8 heteroatoms. The second-order valence-electron chi connectivity index (χ2n) is 5.36. The lowest BCUT2D eigenvalue weighted by Crippen LogP contribution is -2.15. The van der Waals surface area contributed by atoms with Crippen molar-refractivity contribution >= 4 is 39.7 Å². The molecule has 0 saturated carbocycles. The van der Waals surface area contributed by atoms with Crippen LogP contribution >= 0.6 is 28.3 Å². The molecule has 6 nitrogen and oxygen atoms in total. The quantitative estimate of drug-likeness (QED) is 0.473. The van der Waals surface area contributed by atoms with Crippen LogP contribution in [0.2, 0.25) is 0 Å². The molecule has 2 aromatic carbocycles. The number of phenols is 1. The summed E-state index contributed by atoms with van der Waals surface area (Å²) in [5, 5.41) is 16.1. The van der Waals surface area contributed by atoms with Crippen LogP contribution in [0.15, 0.2) is 52.9 Å². The van der Waals surface area contributed by atoms with Gasteiger partial charge in [0.2, 0.25) is 5.13 Å². The molecule has 1 aromatic heterocycles. The summed E-state index contributed by atoms with van der Waals surface area (Å²) in [6.07, 6.45) is 1.67. The highest BCUT2D eigenvalue weighted by atomic mass is 79.9. The van der Waals surface area contributed by atoms with Crippen molar-refractivity contribution in [3.05, 3.63) is 53.4 Å². The van der Waals surface area contributed by atoms with E-state index in [2.05, 4.69) is 15.5 Å². The molecule has 0 unspecified atom stereocenters. The molecular weight excluding hydrogens is 418 g/mol. The van der Waals surface area contributed by atoms with Gasteiger partial charge in [0, 0.05) is 10.9 Å². The molecule has 26 heavy (non-hydrogen) atoms. The highest BCUT2D eigenvalue weighted by Gasteiger charge is 2.13. The second kappa shape index (κ2) is 8.20. The van der Waals surface area contributed by atoms with Crippen molar-refractivity contribution in [1.82, 2.24) is 4.98 Å². The van der Waals surface area contributed by atoms with Gasteiger partial charge >= 0.3 is 0 Å². The average molecular weight is 434 g/mol. The second-order valence-corrected chi connectivity index (χ2v) is 6.22. The third-order valence-corrected chi connectivity index (χ3v) is 4.36. The van der Waals surface area contributed by atoms with Gasteiger partial charge in [-0.05, 0) is 48.0 Å². The number of thiazole rings is 1. The molecule has 134 valence electrons. The van der Waals surface area contributed by atoms with Crippen LogP contribution in [0.5, 0.6) is 17.2 Å².